The number of nitrogens with one attached hydrogen (secondary N) is 1. The quantitative estimate of drug-likeness (QED) is 0.703. The number of carbonyl (C=O) groups is 2. The van der Waals surface area contributed by atoms with Gasteiger partial charge in [-0.2, -0.15) is 4.31 Å². The first kappa shape index (κ1) is 21.9. The number of hydrogen-bond acceptors (Lipinski definition) is 6. The summed E-state index contributed by atoms with van der Waals surface area (Å²) in [6.07, 6.45) is 1.43. The standard InChI is InChI=1S/C21H25N3O5S2/c25-20(18-3-1-9-24(18)21(26)19-4-2-14-30-19)22-15-16-5-7-17(8-6-16)31(27,28)23-10-12-29-13-11-23/h2,4-8,14,18H,1,3,9-13,15H2,(H,22,25)/t18-/m0/s1. The van der Waals surface area contributed by atoms with E-state index in [1.54, 1.807) is 35.2 Å². The summed E-state index contributed by atoms with van der Waals surface area (Å²) in [5, 5.41) is 4.74. The first-order chi connectivity index (χ1) is 15.0. The molecular formula is C21H25N3O5S2. The minimum Gasteiger partial charge on any atom is -0.379 e. The zero-order valence-corrected chi connectivity index (χ0v) is 18.7. The van der Waals surface area contributed by atoms with Crippen LogP contribution in [0, 0.1) is 0 Å². The third kappa shape index (κ3) is 4.82. The van der Waals surface area contributed by atoms with Crippen LogP contribution >= 0.6 is 11.3 Å². The predicted molar refractivity (Wildman–Crippen MR) is 116 cm³/mol. The molecule has 1 N–H and O–H groups in total. The highest BCUT2D eigenvalue weighted by Gasteiger charge is 2.34. The molecule has 1 aromatic heterocycles. The molecule has 3 heterocycles. The van der Waals surface area contributed by atoms with Crippen molar-refractivity contribution in [3.05, 3.63) is 52.2 Å². The Morgan fingerprint density at radius 2 is 1.84 bits per heavy atom. The van der Waals surface area contributed by atoms with Gasteiger partial charge in [-0.25, -0.2) is 8.42 Å². The van der Waals surface area contributed by atoms with Crippen molar-refractivity contribution in [1.29, 1.82) is 0 Å². The summed E-state index contributed by atoms with van der Waals surface area (Å²) < 4.78 is 32.0. The van der Waals surface area contributed by atoms with Crippen LogP contribution in [0.15, 0.2) is 46.7 Å². The van der Waals surface area contributed by atoms with E-state index in [4.69, 9.17) is 4.74 Å². The van der Waals surface area contributed by atoms with Gasteiger partial charge in [-0.1, -0.05) is 18.2 Å². The molecule has 2 amide bonds. The Labute approximate surface area is 185 Å². The van der Waals surface area contributed by atoms with Gasteiger partial charge in [-0.3, -0.25) is 9.59 Å². The molecule has 0 radical (unpaired) electrons. The fourth-order valence-electron chi connectivity index (χ4n) is 3.85. The Hall–Kier alpha value is -2.27. The first-order valence-corrected chi connectivity index (χ1v) is 12.6. The number of thiophene rings is 1. The van der Waals surface area contributed by atoms with E-state index >= 15 is 0 Å². The summed E-state index contributed by atoms with van der Waals surface area (Å²) in [6.45, 7) is 2.34. The lowest BCUT2D eigenvalue weighted by Gasteiger charge is -2.26. The Morgan fingerprint density at radius 1 is 1.10 bits per heavy atom. The molecule has 0 bridgehead atoms. The molecule has 0 aliphatic carbocycles. The Kier molecular flexibility index (Phi) is 6.71. The lowest BCUT2D eigenvalue weighted by molar-refractivity contribution is -0.125. The van der Waals surface area contributed by atoms with Gasteiger partial charge >= 0.3 is 0 Å². The van der Waals surface area contributed by atoms with Crippen LogP contribution in [-0.4, -0.2) is 68.3 Å². The van der Waals surface area contributed by atoms with Gasteiger partial charge in [-0.15, -0.1) is 11.3 Å². The molecule has 2 fully saturated rings. The topological polar surface area (TPSA) is 96.0 Å². The number of nitrogens with zero attached hydrogens (tertiary/aromatic N) is 2. The second-order valence-corrected chi connectivity index (χ2v) is 10.4. The summed E-state index contributed by atoms with van der Waals surface area (Å²) >= 11 is 1.37. The number of morpholine rings is 1. The number of sulfonamides is 1. The molecule has 166 valence electrons. The largest absolute Gasteiger partial charge is 0.379 e. The molecule has 0 saturated carbocycles. The molecule has 2 saturated heterocycles. The zero-order chi connectivity index (χ0) is 21.8. The van der Waals surface area contributed by atoms with E-state index in [1.807, 2.05) is 11.4 Å². The predicted octanol–water partition coefficient (Wildman–Crippen LogP) is 1.69. The molecule has 4 rings (SSSR count). The second kappa shape index (κ2) is 9.47. The van der Waals surface area contributed by atoms with Crippen LogP contribution in [0.3, 0.4) is 0 Å². The monoisotopic (exact) mass is 463 g/mol. The van der Waals surface area contributed by atoms with Crippen LogP contribution in [0.1, 0.15) is 28.1 Å². The SMILES string of the molecule is O=C(NCc1ccc(S(=O)(=O)N2CCOCC2)cc1)[C@@H]1CCCN1C(=O)c1cccs1. The van der Waals surface area contributed by atoms with Crippen LogP contribution in [0.4, 0.5) is 0 Å². The second-order valence-electron chi connectivity index (χ2n) is 7.51. The number of carbonyl (C=O) groups excluding carboxylic acids is 2. The molecule has 0 spiro atoms. The van der Waals surface area contributed by atoms with Gasteiger partial charge < -0.3 is 15.0 Å². The average Bonchev–Trinajstić information content (AvgIpc) is 3.50. The van der Waals surface area contributed by atoms with Crippen molar-refractivity contribution in [1.82, 2.24) is 14.5 Å². The van der Waals surface area contributed by atoms with Crippen molar-refractivity contribution in [2.75, 3.05) is 32.8 Å². The van der Waals surface area contributed by atoms with Crippen molar-refractivity contribution < 1.29 is 22.7 Å². The highest BCUT2D eigenvalue weighted by molar-refractivity contribution is 7.89. The van der Waals surface area contributed by atoms with Gasteiger partial charge in [-0.05, 0) is 42.0 Å². The van der Waals surface area contributed by atoms with Crippen LogP contribution in [0.5, 0.6) is 0 Å². The maximum absolute atomic E-state index is 12.7. The summed E-state index contributed by atoms with van der Waals surface area (Å²) in [4.78, 5) is 27.9. The number of hydrogen-bond donors (Lipinski definition) is 1. The highest BCUT2D eigenvalue weighted by Crippen LogP contribution is 2.23. The molecule has 1 atom stereocenters. The van der Waals surface area contributed by atoms with Crippen molar-refractivity contribution >= 4 is 33.2 Å². The van der Waals surface area contributed by atoms with Crippen LogP contribution in [-0.2, 0) is 26.1 Å². The number of benzene rings is 1. The van der Waals surface area contributed by atoms with E-state index in [0.29, 0.717) is 44.1 Å². The van der Waals surface area contributed by atoms with Crippen molar-refractivity contribution in [2.24, 2.45) is 0 Å². The van der Waals surface area contributed by atoms with Gasteiger partial charge in [0.15, 0.2) is 0 Å². The van der Waals surface area contributed by atoms with Gasteiger partial charge in [0.1, 0.15) is 6.04 Å². The van der Waals surface area contributed by atoms with Crippen LogP contribution in [0.2, 0.25) is 0 Å². The van der Waals surface area contributed by atoms with Gasteiger partial charge in [0.05, 0.1) is 23.0 Å². The lowest BCUT2D eigenvalue weighted by atomic mass is 10.2. The lowest BCUT2D eigenvalue weighted by Crippen LogP contribution is -2.45. The number of likely N-dealkylation sites (tertiary alicyclic amines) is 1. The van der Waals surface area contributed by atoms with E-state index < -0.39 is 16.1 Å². The molecule has 2 aliphatic heterocycles. The summed E-state index contributed by atoms with van der Waals surface area (Å²) in [5.41, 5.74) is 0.795. The number of ether oxygens (including phenoxy) is 1. The maximum Gasteiger partial charge on any atom is 0.264 e. The molecule has 1 aromatic carbocycles. The van der Waals surface area contributed by atoms with Crippen LogP contribution < -0.4 is 5.32 Å². The summed E-state index contributed by atoms with van der Waals surface area (Å²) in [5.74, 6) is -0.294. The average molecular weight is 464 g/mol. The Balaban J connectivity index is 1.35. The molecule has 10 heteroatoms. The molecule has 2 aliphatic rings. The van der Waals surface area contributed by atoms with E-state index in [0.717, 1.165) is 12.0 Å². The maximum atomic E-state index is 12.7. The van der Waals surface area contributed by atoms with E-state index in [-0.39, 0.29) is 23.3 Å². The first-order valence-electron chi connectivity index (χ1n) is 10.3. The molecule has 8 nitrogen and oxygen atoms in total. The third-order valence-electron chi connectivity index (χ3n) is 5.55. The zero-order valence-electron chi connectivity index (χ0n) is 17.0. The van der Waals surface area contributed by atoms with E-state index in [2.05, 4.69) is 5.32 Å². The minimum atomic E-state index is -3.54. The van der Waals surface area contributed by atoms with Crippen molar-refractivity contribution in [2.45, 2.75) is 30.3 Å². The fourth-order valence-corrected chi connectivity index (χ4v) is 5.93. The smallest absolute Gasteiger partial charge is 0.264 e. The summed E-state index contributed by atoms with van der Waals surface area (Å²) in [7, 11) is -3.54. The Bertz CT molecular complexity index is 1020. The molecule has 0 unspecified atom stereocenters. The van der Waals surface area contributed by atoms with Crippen LogP contribution in [0.25, 0.3) is 0 Å². The highest BCUT2D eigenvalue weighted by atomic mass is 32.2. The minimum absolute atomic E-state index is 0.106. The summed E-state index contributed by atoms with van der Waals surface area (Å²) in [6, 6.07) is 9.66. The number of amides is 2. The third-order valence-corrected chi connectivity index (χ3v) is 8.32. The van der Waals surface area contributed by atoms with Gasteiger partial charge in [0.25, 0.3) is 5.91 Å². The van der Waals surface area contributed by atoms with E-state index in [9.17, 15) is 18.0 Å². The van der Waals surface area contributed by atoms with Gasteiger partial charge in [0.2, 0.25) is 15.9 Å². The van der Waals surface area contributed by atoms with Crippen molar-refractivity contribution in [3.63, 3.8) is 0 Å². The molecular weight excluding hydrogens is 438 g/mol. The normalized spacial score (nSPS) is 20.0. The molecule has 31 heavy (non-hydrogen) atoms. The fraction of sp³-hybridized carbons (Fsp3) is 0.429. The van der Waals surface area contributed by atoms with E-state index in [1.165, 1.54) is 15.6 Å². The van der Waals surface area contributed by atoms with Gasteiger partial charge in [0, 0.05) is 26.2 Å². The number of rotatable bonds is 6. The Morgan fingerprint density at radius 3 is 2.52 bits per heavy atom. The van der Waals surface area contributed by atoms with Crippen molar-refractivity contribution in [3.8, 4) is 0 Å². The molecule has 2 aromatic rings.